The van der Waals surface area contributed by atoms with Gasteiger partial charge in [-0.1, -0.05) is 0 Å². The Hall–Kier alpha value is -2.77. The number of benzene rings is 2. The molecule has 7 heteroatoms. The molecular weight excluding hydrogens is 372 g/mol. The molecule has 0 aromatic heterocycles. The van der Waals surface area contributed by atoms with Gasteiger partial charge in [-0.3, -0.25) is 4.79 Å². The highest BCUT2D eigenvalue weighted by atomic mass is 16.6. The fraction of sp³-hybridized carbons (Fsp3) is 0.409. The Bertz CT molecular complexity index is 834. The number of methoxy groups -OCH3 is 1. The minimum absolute atomic E-state index is 0.117. The molecule has 0 bridgehead atoms. The van der Waals surface area contributed by atoms with Crippen LogP contribution in [0.3, 0.4) is 0 Å². The first-order chi connectivity index (χ1) is 14.2. The van der Waals surface area contributed by atoms with E-state index in [2.05, 4.69) is 17.4 Å². The van der Waals surface area contributed by atoms with Gasteiger partial charge in [0.15, 0.2) is 11.5 Å². The monoisotopic (exact) mass is 399 g/mol. The first-order valence-electron chi connectivity index (χ1n) is 9.99. The van der Waals surface area contributed by atoms with Crippen LogP contribution in [0.1, 0.15) is 22.0 Å². The van der Waals surface area contributed by atoms with Crippen molar-refractivity contribution in [3.8, 4) is 17.2 Å². The fourth-order valence-electron chi connectivity index (χ4n) is 3.80. The van der Waals surface area contributed by atoms with E-state index in [9.17, 15) is 4.79 Å². The van der Waals surface area contributed by atoms with E-state index in [1.807, 2.05) is 12.1 Å². The Morgan fingerprint density at radius 1 is 1.03 bits per heavy atom. The van der Waals surface area contributed by atoms with Crippen molar-refractivity contribution in [1.29, 1.82) is 0 Å². The van der Waals surface area contributed by atoms with E-state index in [1.165, 1.54) is 10.5 Å². The third kappa shape index (κ3) is 4.63. The van der Waals surface area contributed by atoms with Gasteiger partial charge in [-0.05, 0) is 42.5 Å². The highest BCUT2D eigenvalue weighted by molar-refractivity contribution is 5.94. The average molecular weight is 399 g/mol. The van der Waals surface area contributed by atoms with Gasteiger partial charge in [0.1, 0.15) is 38.1 Å². The lowest BCUT2D eigenvalue weighted by Crippen LogP contribution is -3.15. The van der Waals surface area contributed by atoms with Crippen molar-refractivity contribution in [3.63, 3.8) is 0 Å². The molecule has 2 aromatic rings. The number of quaternary nitrogens is 1. The van der Waals surface area contributed by atoms with Gasteiger partial charge in [0.25, 0.3) is 5.91 Å². The number of carbonyl (C=O) groups is 1. The average Bonchev–Trinajstić information content (AvgIpc) is 2.80. The van der Waals surface area contributed by atoms with Crippen molar-refractivity contribution in [1.82, 2.24) is 5.32 Å². The largest absolute Gasteiger partial charge is 0.497 e. The van der Waals surface area contributed by atoms with Gasteiger partial charge in [-0.15, -0.1) is 0 Å². The maximum absolute atomic E-state index is 12.8. The fourth-order valence-corrected chi connectivity index (χ4v) is 3.80. The van der Waals surface area contributed by atoms with Gasteiger partial charge in [0.2, 0.25) is 0 Å². The summed E-state index contributed by atoms with van der Waals surface area (Å²) in [4.78, 5) is 14.2. The summed E-state index contributed by atoms with van der Waals surface area (Å²) in [5.41, 5.74) is 1.74. The molecule has 2 heterocycles. The molecule has 0 spiro atoms. The molecule has 1 fully saturated rings. The number of carbonyl (C=O) groups excluding carboxylic acids is 1. The number of morpholine rings is 1. The van der Waals surface area contributed by atoms with Crippen molar-refractivity contribution >= 4 is 5.91 Å². The number of fused-ring (bicyclic) bond motifs is 1. The molecule has 29 heavy (non-hydrogen) atoms. The van der Waals surface area contributed by atoms with E-state index in [4.69, 9.17) is 18.9 Å². The zero-order valence-electron chi connectivity index (χ0n) is 16.6. The maximum Gasteiger partial charge on any atom is 0.251 e. The normalized spacial score (nSPS) is 17.4. The predicted octanol–water partition coefficient (Wildman–Crippen LogP) is 0.853. The molecule has 2 aromatic carbocycles. The smallest absolute Gasteiger partial charge is 0.251 e. The summed E-state index contributed by atoms with van der Waals surface area (Å²) >= 11 is 0. The summed E-state index contributed by atoms with van der Waals surface area (Å²) in [6.07, 6.45) is 0. The zero-order valence-corrected chi connectivity index (χ0v) is 16.6. The van der Waals surface area contributed by atoms with Gasteiger partial charge < -0.3 is 29.2 Å². The Labute approximate surface area is 170 Å². The summed E-state index contributed by atoms with van der Waals surface area (Å²) in [5.74, 6) is 2.01. The second kappa shape index (κ2) is 9.15. The van der Waals surface area contributed by atoms with Crippen LogP contribution in [0.5, 0.6) is 17.2 Å². The Morgan fingerprint density at radius 2 is 1.76 bits per heavy atom. The molecule has 0 aliphatic carbocycles. The minimum atomic E-state index is -0.117. The van der Waals surface area contributed by atoms with Crippen LogP contribution in [0.4, 0.5) is 0 Å². The molecule has 1 atom stereocenters. The molecular formula is C22H27N2O5+. The van der Waals surface area contributed by atoms with Crippen LogP contribution in [0.2, 0.25) is 0 Å². The number of nitrogens with one attached hydrogen (secondary N) is 2. The third-order valence-electron chi connectivity index (χ3n) is 5.42. The van der Waals surface area contributed by atoms with Gasteiger partial charge in [-0.25, -0.2) is 0 Å². The minimum Gasteiger partial charge on any atom is -0.497 e. The van der Waals surface area contributed by atoms with E-state index >= 15 is 0 Å². The van der Waals surface area contributed by atoms with E-state index in [-0.39, 0.29) is 11.9 Å². The SMILES string of the molecule is COc1ccc([C@H](CNC(=O)c2ccc3c(c2)OCCO3)[NH+]2CCOCC2)cc1. The van der Waals surface area contributed by atoms with Crippen LogP contribution in [-0.4, -0.2) is 59.1 Å². The second-order valence-corrected chi connectivity index (χ2v) is 7.16. The Balaban J connectivity index is 1.47. The lowest BCUT2D eigenvalue weighted by molar-refractivity contribution is -0.937. The summed E-state index contributed by atoms with van der Waals surface area (Å²) < 4.78 is 21.9. The highest BCUT2D eigenvalue weighted by Crippen LogP contribution is 2.30. The quantitative estimate of drug-likeness (QED) is 0.754. The van der Waals surface area contributed by atoms with Crippen molar-refractivity contribution in [3.05, 3.63) is 53.6 Å². The van der Waals surface area contributed by atoms with E-state index < -0.39 is 0 Å². The number of amides is 1. The topological polar surface area (TPSA) is 70.5 Å². The maximum atomic E-state index is 12.8. The Kier molecular flexibility index (Phi) is 6.17. The molecule has 1 saturated heterocycles. The van der Waals surface area contributed by atoms with Crippen LogP contribution < -0.4 is 24.4 Å². The standard InChI is InChI=1S/C22H26N2O5/c1-26-18-5-2-16(3-6-18)19(24-8-10-27-11-9-24)15-23-22(25)17-4-7-20-21(14-17)29-13-12-28-20/h2-7,14,19H,8-13,15H2,1H3,(H,23,25)/p+1/t19-/m0/s1. The summed E-state index contributed by atoms with van der Waals surface area (Å²) in [6, 6.07) is 13.5. The number of rotatable bonds is 6. The van der Waals surface area contributed by atoms with Gasteiger partial charge in [0, 0.05) is 11.1 Å². The molecule has 4 rings (SSSR count). The predicted molar refractivity (Wildman–Crippen MR) is 107 cm³/mol. The molecule has 7 nitrogen and oxygen atoms in total. The van der Waals surface area contributed by atoms with Crippen LogP contribution in [0, 0.1) is 0 Å². The van der Waals surface area contributed by atoms with E-state index in [0.29, 0.717) is 36.8 Å². The van der Waals surface area contributed by atoms with Gasteiger partial charge in [-0.2, -0.15) is 0 Å². The number of hydrogen-bond acceptors (Lipinski definition) is 5. The molecule has 2 aliphatic heterocycles. The lowest BCUT2D eigenvalue weighted by Gasteiger charge is -2.32. The van der Waals surface area contributed by atoms with Crippen LogP contribution in [0.25, 0.3) is 0 Å². The van der Waals surface area contributed by atoms with Crippen molar-refractivity contribution in [2.45, 2.75) is 6.04 Å². The Morgan fingerprint density at radius 3 is 2.48 bits per heavy atom. The number of ether oxygens (including phenoxy) is 4. The highest BCUT2D eigenvalue weighted by Gasteiger charge is 2.27. The zero-order chi connectivity index (χ0) is 20.1. The van der Waals surface area contributed by atoms with Gasteiger partial charge >= 0.3 is 0 Å². The first kappa shape index (κ1) is 19.5. The molecule has 1 amide bonds. The van der Waals surface area contributed by atoms with E-state index in [0.717, 1.165) is 32.1 Å². The van der Waals surface area contributed by atoms with Crippen LogP contribution >= 0.6 is 0 Å². The molecule has 0 radical (unpaired) electrons. The van der Waals surface area contributed by atoms with Crippen molar-refractivity contribution in [2.24, 2.45) is 0 Å². The van der Waals surface area contributed by atoms with E-state index in [1.54, 1.807) is 25.3 Å². The van der Waals surface area contributed by atoms with Crippen LogP contribution in [0.15, 0.2) is 42.5 Å². The first-order valence-corrected chi connectivity index (χ1v) is 9.99. The molecule has 2 aliphatic rings. The van der Waals surface area contributed by atoms with Crippen LogP contribution in [-0.2, 0) is 4.74 Å². The summed E-state index contributed by atoms with van der Waals surface area (Å²) in [5, 5.41) is 3.10. The second-order valence-electron chi connectivity index (χ2n) is 7.16. The van der Waals surface area contributed by atoms with Crippen molar-refractivity contribution in [2.75, 3.05) is 53.2 Å². The van der Waals surface area contributed by atoms with Crippen molar-refractivity contribution < 1.29 is 28.6 Å². The van der Waals surface area contributed by atoms with Gasteiger partial charge in [0.05, 0.1) is 26.9 Å². The summed E-state index contributed by atoms with van der Waals surface area (Å²) in [6.45, 7) is 4.86. The summed E-state index contributed by atoms with van der Waals surface area (Å²) in [7, 11) is 1.66. The lowest BCUT2D eigenvalue weighted by atomic mass is 10.0. The molecule has 2 N–H and O–H groups in total. The number of hydrogen-bond donors (Lipinski definition) is 2. The molecule has 0 saturated carbocycles. The molecule has 154 valence electrons. The third-order valence-corrected chi connectivity index (χ3v) is 5.42. The molecule has 0 unspecified atom stereocenters.